The van der Waals surface area contributed by atoms with Crippen molar-refractivity contribution in [3.05, 3.63) is 64.0 Å². The van der Waals surface area contributed by atoms with E-state index in [-0.39, 0.29) is 27.8 Å². The van der Waals surface area contributed by atoms with E-state index < -0.39 is 5.92 Å². The molecule has 0 unspecified atom stereocenters. The molecular formula is C28H33NO2. The number of hydrogen-bond donors (Lipinski definition) is 0. The van der Waals surface area contributed by atoms with Crippen LogP contribution in [0.15, 0.2) is 30.5 Å². The number of carbonyl (C=O) groups is 2. The molecule has 3 nitrogen and oxygen atoms in total. The summed E-state index contributed by atoms with van der Waals surface area (Å²) in [6.45, 7) is 11.8. The summed E-state index contributed by atoms with van der Waals surface area (Å²) < 4.78 is 0. The van der Waals surface area contributed by atoms with Crippen molar-refractivity contribution in [1.29, 1.82) is 0 Å². The number of carbonyl (C=O) groups excluding carboxylic acids is 2. The number of benzene rings is 1. The Morgan fingerprint density at radius 1 is 0.806 bits per heavy atom. The minimum Gasteiger partial charge on any atom is -0.299 e. The maximum Gasteiger partial charge on any atom is 0.148 e. The molecule has 1 aromatic carbocycles. The van der Waals surface area contributed by atoms with Gasteiger partial charge in [-0.3, -0.25) is 14.6 Å². The van der Waals surface area contributed by atoms with E-state index in [9.17, 15) is 9.59 Å². The minimum absolute atomic E-state index is 0.0288. The molecule has 162 valence electrons. The Labute approximate surface area is 185 Å². The molecule has 0 N–H and O–H groups in total. The van der Waals surface area contributed by atoms with Gasteiger partial charge in [-0.05, 0) is 77.3 Å². The van der Waals surface area contributed by atoms with Crippen LogP contribution in [0.2, 0.25) is 0 Å². The van der Waals surface area contributed by atoms with E-state index in [0.29, 0.717) is 12.8 Å². The van der Waals surface area contributed by atoms with Gasteiger partial charge in [0.2, 0.25) is 0 Å². The van der Waals surface area contributed by atoms with Gasteiger partial charge in [0, 0.05) is 24.5 Å². The van der Waals surface area contributed by atoms with Crippen molar-refractivity contribution in [2.75, 3.05) is 0 Å². The maximum absolute atomic E-state index is 12.1. The molecule has 2 fully saturated rings. The predicted molar refractivity (Wildman–Crippen MR) is 123 cm³/mol. The lowest BCUT2D eigenvalue weighted by Crippen LogP contribution is -2.34. The minimum atomic E-state index is -0.592. The molecule has 1 aromatic heterocycles. The molecule has 2 aromatic rings. The summed E-state index contributed by atoms with van der Waals surface area (Å²) in [5.74, 6) is -0.516. The van der Waals surface area contributed by atoms with Crippen molar-refractivity contribution in [2.45, 2.75) is 95.3 Å². The van der Waals surface area contributed by atoms with Crippen molar-refractivity contribution in [3.63, 3.8) is 0 Å². The van der Waals surface area contributed by atoms with Gasteiger partial charge in [0.25, 0.3) is 0 Å². The van der Waals surface area contributed by atoms with Crippen LogP contribution in [0.3, 0.4) is 0 Å². The molecular weight excluding hydrogens is 382 g/mol. The Bertz CT molecular complexity index is 1070. The van der Waals surface area contributed by atoms with Gasteiger partial charge in [-0.15, -0.1) is 0 Å². The van der Waals surface area contributed by atoms with Gasteiger partial charge in [0.05, 0.1) is 5.69 Å². The van der Waals surface area contributed by atoms with Crippen molar-refractivity contribution in [1.82, 2.24) is 4.98 Å². The molecule has 3 aliphatic rings. The standard InChI is InChI=1S/C28H33NO2/c1-17-14-20-21(27(4,5)11-10-26(20,2)3)15-19(17)28(12-13-28)24-9-6-18(16-29-24)25-22(30)7-8-23(25)31/h6,9,14-16,25H,7-8,10-13H2,1-5H3. The molecule has 0 aliphatic heterocycles. The molecule has 3 heteroatoms. The van der Waals surface area contributed by atoms with Crippen molar-refractivity contribution >= 4 is 11.6 Å². The third-order valence-corrected chi connectivity index (χ3v) is 8.34. The number of Topliss-reactive ketones (excluding diaryl/α,β-unsaturated/α-hetero) is 2. The zero-order valence-corrected chi connectivity index (χ0v) is 19.5. The Hall–Kier alpha value is -2.29. The number of ketones is 2. The second-order valence-corrected chi connectivity index (χ2v) is 11.4. The second kappa shape index (κ2) is 6.60. The zero-order valence-electron chi connectivity index (χ0n) is 19.5. The normalized spacial score (nSPS) is 23.6. The number of aromatic nitrogens is 1. The molecule has 0 atom stereocenters. The molecule has 1 heterocycles. The van der Waals surface area contributed by atoms with Gasteiger partial charge in [-0.25, -0.2) is 0 Å². The molecule has 3 aliphatic carbocycles. The fourth-order valence-electron chi connectivity index (χ4n) is 5.97. The first-order valence-electron chi connectivity index (χ1n) is 11.7. The highest BCUT2D eigenvalue weighted by atomic mass is 16.2. The summed E-state index contributed by atoms with van der Waals surface area (Å²) in [6.07, 6.45) is 7.15. The summed E-state index contributed by atoms with van der Waals surface area (Å²) >= 11 is 0. The average Bonchev–Trinajstić information content (AvgIpc) is 3.45. The molecule has 0 saturated heterocycles. The predicted octanol–water partition coefficient (Wildman–Crippen LogP) is 5.83. The monoisotopic (exact) mass is 415 g/mol. The number of rotatable bonds is 3. The highest BCUT2D eigenvalue weighted by Crippen LogP contribution is 2.56. The van der Waals surface area contributed by atoms with Gasteiger partial charge < -0.3 is 0 Å². The third-order valence-electron chi connectivity index (χ3n) is 8.34. The first-order valence-corrected chi connectivity index (χ1v) is 11.7. The molecule has 0 amide bonds. The lowest BCUT2D eigenvalue weighted by Gasteiger charge is -2.43. The lowest BCUT2D eigenvalue weighted by molar-refractivity contribution is -0.123. The van der Waals surface area contributed by atoms with Crippen molar-refractivity contribution in [2.24, 2.45) is 0 Å². The topological polar surface area (TPSA) is 47.0 Å². The first kappa shape index (κ1) is 20.6. The number of aryl methyl sites for hydroxylation is 1. The van der Waals surface area contributed by atoms with Gasteiger partial charge in [-0.2, -0.15) is 0 Å². The van der Waals surface area contributed by atoms with Gasteiger partial charge in [-0.1, -0.05) is 45.9 Å². The van der Waals surface area contributed by atoms with Gasteiger partial charge in [0.15, 0.2) is 0 Å². The summed E-state index contributed by atoms with van der Waals surface area (Å²) in [7, 11) is 0. The first-order chi connectivity index (χ1) is 14.6. The van der Waals surface area contributed by atoms with Crippen molar-refractivity contribution in [3.8, 4) is 0 Å². The highest BCUT2D eigenvalue weighted by molar-refractivity contribution is 6.13. The van der Waals surface area contributed by atoms with Crippen LogP contribution in [0, 0.1) is 6.92 Å². The average molecular weight is 416 g/mol. The van der Waals surface area contributed by atoms with Crippen LogP contribution < -0.4 is 0 Å². The smallest absolute Gasteiger partial charge is 0.148 e. The quantitative estimate of drug-likeness (QED) is 0.592. The Morgan fingerprint density at radius 2 is 1.39 bits per heavy atom. The van der Waals surface area contributed by atoms with Gasteiger partial charge >= 0.3 is 0 Å². The number of hydrogen-bond acceptors (Lipinski definition) is 3. The van der Waals surface area contributed by atoms with Crippen LogP contribution in [0.25, 0.3) is 0 Å². The van der Waals surface area contributed by atoms with Crippen LogP contribution in [0.1, 0.15) is 106 Å². The van der Waals surface area contributed by atoms with E-state index in [1.807, 2.05) is 6.07 Å². The van der Waals surface area contributed by atoms with E-state index in [4.69, 9.17) is 4.98 Å². The summed E-state index contributed by atoms with van der Waals surface area (Å²) in [5, 5.41) is 0. The van der Waals surface area contributed by atoms with E-state index in [1.165, 1.54) is 35.1 Å². The highest BCUT2D eigenvalue weighted by Gasteiger charge is 2.49. The molecule has 2 saturated carbocycles. The maximum atomic E-state index is 12.1. The Kier molecular flexibility index (Phi) is 4.39. The Morgan fingerprint density at radius 3 is 1.90 bits per heavy atom. The molecule has 0 radical (unpaired) electrons. The van der Waals surface area contributed by atoms with Crippen LogP contribution >= 0.6 is 0 Å². The summed E-state index contributed by atoms with van der Waals surface area (Å²) in [4.78, 5) is 29.1. The third kappa shape index (κ3) is 3.11. The largest absolute Gasteiger partial charge is 0.299 e. The summed E-state index contributed by atoms with van der Waals surface area (Å²) in [5.41, 5.74) is 7.96. The molecule has 0 spiro atoms. The van der Waals surface area contributed by atoms with Crippen molar-refractivity contribution < 1.29 is 9.59 Å². The fraction of sp³-hybridized carbons (Fsp3) is 0.536. The van der Waals surface area contributed by atoms with Gasteiger partial charge in [0.1, 0.15) is 17.5 Å². The van der Waals surface area contributed by atoms with Crippen LogP contribution in [0.4, 0.5) is 0 Å². The number of nitrogens with zero attached hydrogens (tertiary/aromatic N) is 1. The second-order valence-electron chi connectivity index (χ2n) is 11.4. The van der Waals surface area contributed by atoms with Crippen LogP contribution in [0.5, 0.6) is 0 Å². The fourth-order valence-corrected chi connectivity index (χ4v) is 5.97. The number of fused-ring (bicyclic) bond motifs is 1. The zero-order chi connectivity index (χ0) is 22.2. The molecule has 5 rings (SSSR count). The van der Waals surface area contributed by atoms with E-state index in [1.54, 1.807) is 6.20 Å². The molecule has 0 bridgehead atoms. The summed E-state index contributed by atoms with van der Waals surface area (Å²) in [6, 6.07) is 8.96. The molecule has 31 heavy (non-hydrogen) atoms. The Balaban J connectivity index is 1.55. The lowest BCUT2D eigenvalue weighted by atomic mass is 9.62. The van der Waals surface area contributed by atoms with E-state index >= 15 is 0 Å². The van der Waals surface area contributed by atoms with E-state index in [2.05, 4.69) is 52.8 Å². The SMILES string of the molecule is Cc1cc2c(cc1C1(c3ccc(C4C(=O)CCC4=O)cn3)CC1)C(C)(C)CCC2(C)C. The number of pyridine rings is 1. The van der Waals surface area contributed by atoms with E-state index in [0.717, 1.165) is 24.1 Å². The van der Waals surface area contributed by atoms with Crippen LogP contribution in [-0.2, 0) is 25.8 Å². The van der Waals surface area contributed by atoms with Crippen LogP contribution in [-0.4, -0.2) is 16.6 Å².